The molecule has 0 amide bonds. The second-order valence-electron chi connectivity index (χ2n) is 6.37. The van der Waals surface area contributed by atoms with Gasteiger partial charge in [-0.3, -0.25) is 9.89 Å². The van der Waals surface area contributed by atoms with E-state index in [1.807, 2.05) is 19.5 Å². The lowest BCUT2D eigenvalue weighted by molar-refractivity contribution is 0.205. The van der Waals surface area contributed by atoms with Gasteiger partial charge >= 0.3 is 0 Å². The highest BCUT2D eigenvalue weighted by atomic mass is 15.4. The molecular weight excluding hydrogens is 264 g/mol. The fourth-order valence-corrected chi connectivity index (χ4v) is 3.36. The van der Waals surface area contributed by atoms with Crippen molar-refractivity contribution in [1.29, 1.82) is 0 Å². The molecular formula is C15H22N6. The van der Waals surface area contributed by atoms with E-state index >= 15 is 0 Å². The number of likely N-dealkylation sites (tertiary alicyclic amines) is 1. The Hall–Kier alpha value is -1.82. The van der Waals surface area contributed by atoms with Crippen LogP contribution in [-0.4, -0.2) is 61.7 Å². The fraction of sp³-hybridized carbons (Fsp3) is 0.600. The molecule has 0 aromatic rings. The zero-order valence-corrected chi connectivity index (χ0v) is 12.6. The number of hydrogen-bond donors (Lipinski definition) is 2. The highest BCUT2D eigenvalue weighted by Gasteiger charge is 2.46. The van der Waals surface area contributed by atoms with Crippen molar-refractivity contribution in [2.45, 2.75) is 12.7 Å². The van der Waals surface area contributed by atoms with Crippen molar-refractivity contribution in [3.8, 4) is 0 Å². The van der Waals surface area contributed by atoms with Gasteiger partial charge in [-0.05, 0) is 18.3 Å². The number of rotatable bonds is 3. The molecule has 0 bridgehead atoms. The molecule has 0 aromatic heterocycles. The summed E-state index contributed by atoms with van der Waals surface area (Å²) in [6.07, 6.45) is 7.58. The number of hydrogen-bond acceptors (Lipinski definition) is 6. The SMILES string of the molecule is CNC1=CN(C)CC(C2=CNC(N3CC4CC4C3)N=C2)=N1. The first-order valence-electron chi connectivity index (χ1n) is 7.64. The number of piperidine rings is 1. The normalized spacial score (nSPS) is 34.7. The summed E-state index contributed by atoms with van der Waals surface area (Å²) in [6, 6.07) is 0. The predicted molar refractivity (Wildman–Crippen MR) is 83.9 cm³/mol. The van der Waals surface area contributed by atoms with E-state index < -0.39 is 0 Å². The average molecular weight is 286 g/mol. The van der Waals surface area contributed by atoms with E-state index in [0.29, 0.717) is 0 Å². The third kappa shape index (κ3) is 2.44. The molecule has 3 atom stereocenters. The first-order chi connectivity index (χ1) is 10.2. The van der Waals surface area contributed by atoms with Gasteiger partial charge in [0.05, 0.1) is 12.3 Å². The van der Waals surface area contributed by atoms with Crippen molar-refractivity contribution in [1.82, 2.24) is 20.4 Å². The molecule has 6 nitrogen and oxygen atoms in total. The molecule has 3 unspecified atom stereocenters. The summed E-state index contributed by atoms with van der Waals surface area (Å²) in [5.41, 5.74) is 2.12. The van der Waals surface area contributed by atoms with Crippen molar-refractivity contribution in [3.63, 3.8) is 0 Å². The Balaban J connectivity index is 1.44. The molecule has 1 saturated heterocycles. The molecule has 3 aliphatic heterocycles. The lowest BCUT2D eigenvalue weighted by Crippen LogP contribution is -2.44. The third-order valence-corrected chi connectivity index (χ3v) is 4.68. The molecule has 0 radical (unpaired) electrons. The Bertz CT molecular complexity index is 551. The molecule has 3 heterocycles. The van der Waals surface area contributed by atoms with E-state index in [2.05, 4.69) is 43.7 Å². The molecule has 2 fully saturated rings. The summed E-state index contributed by atoms with van der Waals surface area (Å²) >= 11 is 0. The monoisotopic (exact) mass is 286 g/mol. The standard InChI is InChI=1S/C15H22N6/c1-16-14-9-20(2)8-13(19-14)12-4-17-15(18-5-12)21-6-10-3-11(10)7-21/h4-5,9-11,15-17H,3,6-8H2,1-2H3. The third-order valence-electron chi connectivity index (χ3n) is 4.68. The van der Waals surface area contributed by atoms with Gasteiger partial charge in [-0.25, -0.2) is 4.99 Å². The van der Waals surface area contributed by atoms with Crippen LogP contribution in [0.25, 0.3) is 0 Å². The first-order valence-corrected chi connectivity index (χ1v) is 7.64. The van der Waals surface area contributed by atoms with Crippen LogP contribution >= 0.6 is 0 Å². The summed E-state index contributed by atoms with van der Waals surface area (Å²) in [7, 11) is 3.95. The van der Waals surface area contributed by atoms with Crippen LogP contribution < -0.4 is 10.6 Å². The van der Waals surface area contributed by atoms with E-state index in [0.717, 1.165) is 35.5 Å². The van der Waals surface area contributed by atoms with Crippen LogP contribution in [0.3, 0.4) is 0 Å². The zero-order valence-electron chi connectivity index (χ0n) is 12.6. The maximum atomic E-state index is 4.68. The number of nitrogens with zero attached hydrogens (tertiary/aromatic N) is 4. The van der Waals surface area contributed by atoms with Gasteiger partial charge in [0, 0.05) is 51.4 Å². The summed E-state index contributed by atoms with van der Waals surface area (Å²) in [5.74, 6) is 2.76. The van der Waals surface area contributed by atoms with E-state index in [4.69, 9.17) is 0 Å². The topological polar surface area (TPSA) is 55.3 Å². The van der Waals surface area contributed by atoms with Crippen molar-refractivity contribution < 1.29 is 0 Å². The molecule has 1 aliphatic carbocycles. The molecule has 4 rings (SSSR count). The van der Waals surface area contributed by atoms with Gasteiger partial charge in [0.15, 0.2) is 6.29 Å². The Morgan fingerprint density at radius 3 is 2.81 bits per heavy atom. The Morgan fingerprint density at radius 2 is 2.14 bits per heavy atom. The number of aliphatic imine (C=N–C) groups is 2. The minimum Gasteiger partial charge on any atom is -0.372 e. The van der Waals surface area contributed by atoms with Crippen LogP contribution in [0.5, 0.6) is 0 Å². The van der Waals surface area contributed by atoms with Crippen LogP contribution in [0.4, 0.5) is 0 Å². The van der Waals surface area contributed by atoms with Gasteiger partial charge in [-0.2, -0.15) is 0 Å². The lowest BCUT2D eigenvalue weighted by atomic mass is 10.1. The summed E-state index contributed by atoms with van der Waals surface area (Å²) < 4.78 is 0. The maximum absolute atomic E-state index is 4.68. The highest BCUT2D eigenvalue weighted by molar-refractivity contribution is 6.17. The first kappa shape index (κ1) is 12.9. The summed E-state index contributed by atoms with van der Waals surface area (Å²) in [5, 5.41) is 6.52. The van der Waals surface area contributed by atoms with Crippen molar-refractivity contribution in [2.75, 3.05) is 33.7 Å². The van der Waals surface area contributed by atoms with Gasteiger partial charge < -0.3 is 15.5 Å². The highest BCUT2D eigenvalue weighted by Crippen LogP contribution is 2.45. The smallest absolute Gasteiger partial charge is 0.175 e. The van der Waals surface area contributed by atoms with Crippen LogP contribution in [0.2, 0.25) is 0 Å². The molecule has 6 heteroatoms. The van der Waals surface area contributed by atoms with Crippen molar-refractivity contribution in [3.05, 3.63) is 23.8 Å². The molecule has 4 aliphatic rings. The lowest BCUT2D eigenvalue weighted by Gasteiger charge is -2.29. The average Bonchev–Trinajstić information content (AvgIpc) is 3.13. The van der Waals surface area contributed by atoms with Crippen molar-refractivity contribution >= 4 is 11.9 Å². The number of fused-ring (bicyclic) bond motifs is 1. The van der Waals surface area contributed by atoms with E-state index in [1.165, 1.54) is 19.5 Å². The second-order valence-corrected chi connectivity index (χ2v) is 6.37. The van der Waals surface area contributed by atoms with Crippen LogP contribution in [-0.2, 0) is 0 Å². The molecule has 112 valence electrons. The number of nitrogens with one attached hydrogen (secondary N) is 2. The second kappa shape index (κ2) is 4.87. The quantitative estimate of drug-likeness (QED) is 0.777. The van der Waals surface area contributed by atoms with Gasteiger partial charge in [0.25, 0.3) is 0 Å². The minimum atomic E-state index is 0.114. The Kier molecular flexibility index (Phi) is 2.99. The zero-order chi connectivity index (χ0) is 14.4. The predicted octanol–water partition coefficient (Wildman–Crippen LogP) is 0.184. The molecule has 21 heavy (non-hydrogen) atoms. The van der Waals surface area contributed by atoms with E-state index in [9.17, 15) is 0 Å². The van der Waals surface area contributed by atoms with Gasteiger partial charge in [0.1, 0.15) is 5.82 Å². The molecule has 0 aromatic carbocycles. The van der Waals surface area contributed by atoms with Gasteiger partial charge in [0.2, 0.25) is 0 Å². The largest absolute Gasteiger partial charge is 0.372 e. The molecule has 1 saturated carbocycles. The van der Waals surface area contributed by atoms with Gasteiger partial charge in [-0.15, -0.1) is 0 Å². The fourth-order valence-electron chi connectivity index (χ4n) is 3.36. The summed E-state index contributed by atoms with van der Waals surface area (Å²) in [6.45, 7) is 3.20. The Morgan fingerprint density at radius 1 is 1.33 bits per heavy atom. The van der Waals surface area contributed by atoms with E-state index in [-0.39, 0.29) is 6.29 Å². The minimum absolute atomic E-state index is 0.114. The van der Waals surface area contributed by atoms with Crippen LogP contribution in [0.15, 0.2) is 33.8 Å². The van der Waals surface area contributed by atoms with Crippen molar-refractivity contribution in [2.24, 2.45) is 21.8 Å². The van der Waals surface area contributed by atoms with Crippen LogP contribution in [0.1, 0.15) is 6.42 Å². The molecule has 2 N–H and O–H groups in total. The van der Waals surface area contributed by atoms with E-state index in [1.54, 1.807) is 0 Å². The Labute approximate surface area is 125 Å². The maximum Gasteiger partial charge on any atom is 0.175 e. The van der Waals surface area contributed by atoms with Gasteiger partial charge in [-0.1, -0.05) is 0 Å². The summed E-state index contributed by atoms with van der Waals surface area (Å²) in [4.78, 5) is 13.9. The van der Waals surface area contributed by atoms with Crippen LogP contribution in [0, 0.1) is 11.8 Å². The molecule has 0 spiro atoms.